The van der Waals surface area contributed by atoms with Gasteiger partial charge in [0.1, 0.15) is 6.54 Å². The van der Waals surface area contributed by atoms with Gasteiger partial charge in [-0.05, 0) is 32.9 Å². The minimum absolute atomic E-state index is 0.0113. The van der Waals surface area contributed by atoms with Gasteiger partial charge in [-0.2, -0.15) is 0 Å². The van der Waals surface area contributed by atoms with Crippen LogP contribution in [0.3, 0.4) is 0 Å². The van der Waals surface area contributed by atoms with E-state index >= 15 is 0 Å². The van der Waals surface area contributed by atoms with Crippen molar-refractivity contribution in [1.29, 1.82) is 0 Å². The van der Waals surface area contributed by atoms with Crippen LogP contribution >= 0.6 is 0 Å². The Morgan fingerprint density at radius 2 is 2.05 bits per heavy atom. The minimum Gasteiger partial charge on any atom is -0.395 e. The molecule has 0 saturated carbocycles. The number of fused-ring (bicyclic) bond motifs is 1. The average molecular weight is 290 g/mol. The van der Waals surface area contributed by atoms with Crippen LogP contribution in [0.2, 0.25) is 0 Å². The fraction of sp³-hybridized carbons (Fsp3) is 0.467. The Hall–Kier alpha value is -2.08. The summed E-state index contributed by atoms with van der Waals surface area (Å²) in [7, 11) is 0. The number of hydrogen-bond donors (Lipinski definition) is 3. The first kappa shape index (κ1) is 15.3. The number of aliphatic hydroxyl groups is 1. The molecule has 6 heteroatoms. The van der Waals surface area contributed by atoms with Crippen molar-refractivity contribution < 1.29 is 9.90 Å². The van der Waals surface area contributed by atoms with Gasteiger partial charge in [0.05, 0.1) is 17.6 Å². The first-order valence-electron chi connectivity index (χ1n) is 7.02. The van der Waals surface area contributed by atoms with Crippen molar-refractivity contribution >= 4 is 22.9 Å². The summed E-state index contributed by atoms with van der Waals surface area (Å²) in [5.41, 5.74) is 1.44. The second-order valence-corrected chi connectivity index (χ2v) is 5.96. The standard InChI is InChI=1S/C15H22N4O2/c1-15(2,3)18-13(21)10-19-12-7-5-4-6-11(12)17-14(19)16-8-9-20/h4-7,20H,8-10H2,1-3H3,(H,16,17)(H,18,21). The molecular formula is C15H22N4O2. The van der Waals surface area contributed by atoms with Gasteiger partial charge >= 0.3 is 0 Å². The van der Waals surface area contributed by atoms with E-state index in [0.717, 1.165) is 11.0 Å². The van der Waals surface area contributed by atoms with E-state index in [9.17, 15) is 4.79 Å². The van der Waals surface area contributed by atoms with Crippen LogP contribution in [0.5, 0.6) is 0 Å². The van der Waals surface area contributed by atoms with E-state index in [0.29, 0.717) is 12.5 Å². The van der Waals surface area contributed by atoms with Crippen LogP contribution in [0.4, 0.5) is 5.95 Å². The zero-order chi connectivity index (χ0) is 15.5. The topological polar surface area (TPSA) is 79.2 Å². The highest BCUT2D eigenvalue weighted by Crippen LogP contribution is 2.19. The van der Waals surface area contributed by atoms with Crippen molar-refractivity contribution in [1.82, 2.24) is 14.9 Å². The molecule has 21 heavy (non-hydrogen) atoms. The molecule has 0 aliphatic carbocycles. The zero-order valence-electron chi connectivity index (χ0n) is 12.7. The Morgan fingerprint density at radius 1 is 1.33 bits per heavy atom. The van der Waals surface area contributed by atoms with Gasteiger partial charge in [0.15, 0.2) is 0 Å². The number of imidazole rings is 1. The molecule has 6 nitrogen and oxygen atoms in total. The molecule has 0 aliphatic rings. The number of rotatable bonds is 5. The molecule has 2 aromatic rings. The molecule has 0 spiro atoms. The van der Waals surface area contributed by atoms with Crippen molar-refractivity contribution in [2.24, 2.45) is 0 Å². The molecule has 2 rings (SSSR count). The van der Waals surface area contributed by atoms with Crippen molar-refractivity contribution in [2.75, 3.05) is 18.5 Å². The number of aromatic nitrogens is 2. The highest BCUT2D eigenvalue weighted by molar-refractivity contribution is 5.83. The Morgan fingerprint density at radius 3 is 2.71 bits per heavy atom. The average Bonchev–Trinajstić information content (AvgIpc) is 2.72. The second-order valence-electron chi connectivity index (χ2n) is 5.96. The van der Waals surface area contributed by atoms with Crippen molar-refractivity contribution in [3.8, 4) is 0 Å². The largest absolute Gasteiger partial charge is 0.395 e. The molecule has 114 valence electrons. The monoisotopic (exact) mass is 290 g/mol. The number of para-hydroxylation sites is 2. The summed E-state index contributed by atoms with van der Waals surface area (Å²) in [6, 6.07) is 7.65. The number of nitrogens with one attached hydrogen (secondary N) is 2. The molecule has 0 atom stereocenters. The Bertz CT molecular complexity index is 628. The molecular weight excluding hydrogens is 268 g/mol. The van der Waals surface area contributed by atoms with Gasteiger partial charge in [-0.15, -0.1) is 0 Å². The van der Waals surface area contributed by atoms with E-state index in [1.165, 1.54) is 0 Å². The van der Waals surface area contributed by atoms with E-state index in [1.807, 2.05) is 49.6 Å². The fourth-order valence-electron chi connectivity index (χ4n) is 2.14. The summed E-state index contributed by atoms with van der Waals surface area (Å²) in [6.45, 7) is 6.43. The van der Waals surface area contributed by atoms with E-state index in [4.69, 9.17) is 5.11 Å². The second kappa shape index (κ2) is 6.13. The van der Waals surface area contributed by atoms with Crippen LogP contribution < -0.4 is 10.6 Å². The highest BCUT2D eigenvalue weighted by atomic mass is 16.3. The van der Waals surface area contributed by atoms with Crippen LogP contribution in [0.1, 0.15) is 20.8 Å². The summed E-state index contributed by atoms with van der Waals surface area (Å²) in [6.07, 6.45) is 0. The number of carbonyl (C=O) groups excluding carboxylic acids is 1. The third-order valence-electron chi connectivity index (χ3n) is 2.87. The lowest BCUT2D eigenvalue weighted by molar-refractivity contribution is -0.122. The number of amides is 1. The highest BCUT2D eigenvalue weighted by Gasteiger charge is 2.17. The van der Waals surface area contributed by atoms with Crippen LogP contribution in [0, 0.1) is 0 Å². The molecule has 0 saturated heterocycles. The minimum atomic E-state index is -0.272. The summed E-state index contributed by atoms with van der Waals surface area (Å²) in [4.78, 5) is 16.6. The molecule has 0 bridgehead atoms. The van der Waals surface area contributed by atoms with Crippen LogP contribution in [0.15, 0.2) is 24.3 Å². The van der Waals surface area contributed by atoms with E-state index in [1.54, 1.807) is 0 Å². The lowest BCUT2D eigenvalue weighted by Crippen LogP contribution is -2.42. The number of hydrogen-bond acceptors (Lipinski definition) is 4. The maximum absolute atomic E-state index is 12.2. The first-order chi connectivity index (χ1) is 9.90. The number of anilines is 1. The van der Waals surface area contributed by atoms with Gasteiger partial charge in [0.25, 0.3) is 0 Å². The zero-order valence-corrected chi connectivity index (χ0v) is 12.7. The predicted molar refractivity (Wildman–Crippen MR) is 83.2 cm³/mol. The number of benzene rings is 1. The third-order valence-corrected chi connectivity index (χ3v) is 2.87. The summed E-state index contributed by atoms with van der Waals surface area (Å²) in [5, 5.41) is 14.9. The molecule has 1 aromatic carbocycles. The fourth-order valence-corrected chi connectivity index (χ4v) is 2.14. The molecule has 0 radical (unpaired) electrons. The van der Waals surface area contributed by atoms with Gasteiger partial charge in [0, 0.05) is 12.1 Å². The Balaban J connectivity index is 2.29. The van der Waals surface area contributed by atoms with Gasteiger partial charge in [-0.3, -0.25) is 4.79 Å². The van der Waals surface area contributed by atoms with E-state index < -0.39 is 0 Å². The molecule has 1 aromatic heterocycles. The summed E-state index contributed by atoms with van der Waals surface area (Å²) < 4.78 is 1.83. The summed E-state index contributed by atoms with van der Waals surface area (Å²) in [5.74, 6) is 0.520. The lowest BCUT2D eigenvalue weighted by atomic mass is 10.1. The molecule has 1 heterocycles. The van der Waals surface area contributed by atoms with Crippen molar-refractivity contribution in [2.45, 2.75) is 32.9 Å². The molecule has 0 unspecified atom stereocenters. The van der Waals surface area contributed by atoms with E-state index in [2.05, 4.69) is 15.6 Å². The number of carbonyl (C=O) groups is 1. The maximum Gasteiger partial charge on any atom is 0.240 e. The van der Waals surface area contributed by atoms with Crippen molar-refractivity contribution in [3.05, 3.63) is 24.3 Å². The number of aliphatic hydroxyl groups excluding tert-OH is 1. The van der Waals surface area contributed by atoms with E-state index in [-0.39, 0.29) is 24.6 Å². The molecule has 0 aliphatic heterocycles. The van der Waals surface area contributed by atoms with Gasteiger partial charge in [-0.1, -0.05) is 12.1 Å². The SMILES string of the molecule is CC(C)(C)NC(=O)Cn1c(NCCO)nc2ccccc21. The third kappa shape index (κ3) is 3.95. The Kier molecular flexibility index (Phi) is 4.47. The van der Waals surface area contributed by atoms with Gasteiger partial charge in [0.2, 0.25) is 11.9 Å². The summed E-state index contributed by atoms with van der Waals surface area (Å²) >= 11 is 0. The smallest absolute Gasteiger partial charge is 0.240 e. The number of nitrogens with zero attached hydrogens (tertiary/aromatic N) is 2. The first-order valence-corrected chi connectivity index (χ1v) is 7.02. The van der Waals surface area contributed by atoms with Crippen LogP contribution in [-0.2, 0) is 11.3 Å². The van der Waals surface area contributed by atoms with Crippen LogP contribution in [-0.4, -0.2) is 39.3 Å². The molecule has 1 amide bonds. The molecule has 0 fully saturated rings. The lowest BCUT2D eigenvalue weighted by Gasteiger charge is -2.21. The van der Waals surface area contributed by atoms with Gasteiger partial charge < -0.3 is 20.3 Å². The van der Waals surface area contributed by atoms with Gasteiger partial charge in [-0.25, -0.2) is 4.98 Å². The predicted octanol–water partition coefficient (Wildman–Crippen LogP) is 1.36. The Labute approximate surface area is 124 Å². The molecule has 3 N–H and O–H groups in total. The maximum atomic E-state index is 12.2. The van der Waals surface area contributed by atoms with Crippen LogP contribution in [0.25, 0.3) is 11.0 Å². The quantitative estimate of drug-likeness (QED) is 0.777. The normalized spacial score (nSPS) is 11.6. The van der Waals surface area contributed by atoms with Crippen molar-refractivity contribution in [3.63, 3.8) is 0 Å².